The largest absolute Gasteiger partial charge is 0.480 e. The van der Waals surface area contributed by atoms with Crippen molar-refractivity contribution in [2.75, 3.05) is 6.54 Å². The first kappa shape index (κ1) is 13.1. The Morgan fingerprint density at radius 1 is 1.44 bits per heavy atom. The minimum atomic E-state index is -0.720. The molecule has 98 valence electrons. The molecule has 3 unspecified atom stereocenters. The molecule has 18 heavy (non-hydrogen) atoms. The zero-order valence-corrected chi connectivity index (χ0v) is 11.0. The van der Waals surface area contributed by atoms with E-state index in [1.165, 1.54) is 5.56 Å². The fourth-order valence-corrected chi connectivity index (χ4v) is 2.91. The van der Waals surface area contributed by atoms with Crippen LogP contribution < -0.4 is 0 Å². The summed E-state index contributed by atoms with van der Waals surface area (Å²) >= 11 is 0. The van der Waals surface area contributed by atoms with Gasteiger partial charge >= 0.3 is 5.97 Å². The number of rotatable bonds is 4. The summed E-state index contributed by atoms with van der Waals surface area (Å²) in [5.41, 5.74) is 1.35. The van der Waals surface area contributed by atoms with E-state index in [4.69, 9.17) is 5.11 Å². The standard InChI is InChI=1S/C15H21NO2/c1-11-14(10-13-6-4-3-5-7-13)8-9-16(11)12(2)15(17)18/h3-7,11-12,14H,8-10H2,1-2H3,(H,17,18). The van der Waals surface area contributed by atoms with Gasteiger partial charge in [0.15, 0.2) is 0 Å². The van der Waals surface area contributed by atoms with Crippen molar-refractivity contribution in [3.05, 3.63) is 35.9 Å². The number of carboxylic acid groups (broad SMARTS) is 1. The van der Waals surface area contributed by atoms with Crippen LogP contribution >= 0.6 is 0 Å². The van der Waals surface area contributed by atoms with Crippen molar-refractivity contribution in [1.29, 1.82) is 0 Å². The molecule has 1 aromatic carbocycles. The second kappa shape index (κ2) is 5.53. The van der Waals surface area contributed by atoms with Gasteiger partial charge in [0.1, 0.15) is 6.04 Å². The second-order valence-corrected chi connectivity index (χ2v) is 5.23. The van der Waals surface area contributed by atoms with E-state index in [1.54, 1.807) is 6.92 Å². The topological polar surface area (TPSA) is 40.5 Å². The lowest BCUT2D eigenvalue weighted by Gasteiger charge is -2.28. The molecule has 3 atom stereocenters. The molecule has 3 heteroatoms. The Hall–Kier alpha value is -1.35. The van der Waals surface area contributed by atoms with Crippen LogP contribution in [0.5, 0.6) is 0 Å². The van der Waals surface area contributed by atoms with E-state index < -0.39 is 5.97 Å². The fraction of sp³-hybridized carbons (Fsp3) is 0.533. The average molecular weight is 247 g/mol. The van der Waals surface area contributed by atoms with Crippen LogP contribution in [0, 0.1) is 5.92 Å². The van der Waals surface area contributed by atoms with Gasteiger partial charge in [0, 0.05) is 6.04 Å². The van der Waals surface area contributed by atoms with Crippen molar-refractivity contribution >= 4 is 5.97 Å². The third-order valence-electron chi connectivity index (χ3n) is 4.16. The number of hydrogen-bond acceptors (Lipinski definition) is 2. The van der Waals surface area contributed by atoms with E-state index in [9.17, 15) is 4.79 Å². The quantitative estimate of drug-likeness (QED) is 0.888. The number of carboxylic acids is 1. The predicted molar refractivity (Wildman–Crippen MR) is 71.5 cm³/mol. The van der Waals surface area contributed by atoms with Crippen molar-refractivity contribution in [3.8, 4) is 0 Å². The van der Waals surface area contributed by atoms with E-state index in [0.717, 1.165) is 19.4 Å². The Labute approximate surface area is 108 Å². The van der Waals surface area contributed by atoms with Gasteiger partial charge < -0.3 is 5.11 Å². The highest BCUT2D eigenvalue weighted by atomic mass is 16.4. The molecule has 1 aromatic rings. The highest BCUT2D eigenvalue weighted by molar-refractivity contribution is 5.73. The molecule has 0 saturated carbocycles. The van der Waals surface area contributed by atoms with Crippen molar-refractivity contribution in [2.45, 2.75) is 38.8 Å². The number of hydrogen-bond donors (Lipinski definition) is 1. The summed E-state index contributed by atoms with van der Waals surface area (Å²) < 4.78 is 0. The van der Waals surface area contributed by atoms with Gasteiger partial charge in [-0.05, 0) is 44.7 Å². The molecule has 0 amide bonds. The Morgan fingerprint density at radius 3 is 2.72 bits per heavy atom. The molecule has 1 saturated heterocycles. The van der Waals surface area contributed by atoms with Crippen LogP contribution in [-0.4, -0.2) is 34.6 Å². The van der Waals surface area contributed by atoms with E-state index in [1.807, 2.05) is 6.07 Å². The first-order chi connectivity index (χ1) is 8.59. The van der Waals surface area contributed by atoms with Crippen molar-refractivity contribution < 1.29 is 9.90 Å². The van der Waals surface area contributed by atoms with Gasteiger partial charge in [0.25, 0.3) is 0 Å². The third-order valence-corrected chi connectivity index (χ3v) is 4.16. The maximum atomic E-state index is 11.1. The molecule has 0 spiro atoms. The SMILES string of the molecule is CC(C(=O)O)N1CCC(Cc2ccccc2)C1C. The lowest BCUT2D eigenvalue weighted by Crippen LogP contribution is -2.42. The Morgan fingerprint density at radius 2 is 2.11 bits per heavy atom. The van der Waals surface area contributed by atoms with Gasteiger partial charge in [0.2, 0.25) is 0 Å². The lowest BCUT2D eigenvalue weighted by atomic mass is 9.93. The first-order valence-corrected chi connectivity index (χ1v) is 6.62. The summed E-state index contributed by atoms with van der Waals surface area (Å²) in [6, 6.07) is 10.4. The zero-order valence-electron chi connectivity index (χ0n) is 11.0. The normalized spacial score (nSPS) is 26.1. The molecule has 2 rings (SSSR count). The van der Waals surface area contributed by atoms with Gasteiger partial charge in [-0.2, -0.15) is 0 Å². The highest BCUT2D eigenvalue weighted by Gasteiger charge is 2.35. The maximum Gasteiger partial charge on any atom is 0.320 e. The van der Waals surface area contributed by atoms with E-state index >= 15 is 0 Å². The number of aliphatic carboxylic acids is 1. The van der Waals surface area contributed by atoms with Crippen molar-refractivity contribution in [2.24, 2.45) is 5.92 Å². The van der Waals surface area contributed by atoms with Crippen LogP contribution in [0.2, 0.25) is 0 Å². The summed E-state index contributed by atoms with van der Waals surface area (Å²) in [5.74, 6) is -0.156. The molecule has 0 aliphatic carbocycles. The van der Waals surface area contributed by atoms with Gasteiger partial charge in [0.05, 0.1) is 0 Å². The highest BCUT2D eigenvalue weighted by Crippen LogP contribution is 2.29. The summed E-state index contributed by atoms with van der Waals surface area (Å²) in [5, 5.41) is 9.09. The van der Waals surface area contributed by atoms with Gasteiger partial charge in [-0.1, -0.05) is 30.3 Å². The first-order valence-electron chi connectivity index (χ1n) is 6.62. The number of carbonyl (C=O) groups is 1. The molecule has 3 nitrogen and oxygen atoms in total. The van der Waals surface area contributed by atoms with E-state index in [-0.39, 0.29) is 6.04 Å². The third kappa shape index (κ3) is 2.72. The van der Waals surface area contributed by atoms with Crippen LogP contribution in [-0.2, 0) is 11.2 Å². The van der Waals surface area contributed by atoms with Gasteiger partial charge in [-0.3, -0.25) is 9.69 Å². The second-order valence-electron chi connectivity index (χ2n) is 5.23. The summed E-state index contributed by atoms with van der Waals surface area (Å²) in [4.78, 5) is 13.2. The molecular weight excluding hydrogens is 226 g/mol. The smallest absolute Gasteiger partial charge is 0.320 e. The van der Waals surface area contributed by atoms with E-state index in [2.05, 4.69) is 36.1 Å². The molecule has 1 aliphatic heterocycles. The van der Waals surface area contributed by atoms with Gasteiger partial charge in [-0.25, -0.2) is 0 Å². The Kier molecular flexibility index (Phi) is 4.02. The minimum absolute atomic E-state index is 0.344. The zero-order chi connectivity index (χ0) is 13.1. The summed E-state index contributed by atoms with van der Waals surface area (Å²) in [7, 11) is 0. The predicted octanol–water partition coefficient (Wildman–Crippen LogP) is 2.41. The molecule has 1 fully saturated rings. The summed E-state index contributed by atoms with van der Waals surface area (Å²) in [6.07, 6.45) is 2.14. The molecule has 1 heterocycles. The van der Waals surface area contributed by atoms with Crippen molar-refractivity contribution in [1.82, 2.24) is 4.90 Å². The fourth-order valence-electron chi connectivity index (χ4n) is 2.91. The minimum Gasteiger partial charge on any atom is -0.480 e. The van der Waals surface area contributed by atoms with Crippen LogP contribution in [0.3, 0.4) is 0 Å². The lowest BCUT2D eigenvalue weighted by molar-refractivity contribution is -0.143. The molecule has 0 bridgehead atoms. The number of nitrogens with zero attached hydrogens (tertiary/aromatic N) is 1. The van der Waals surface area contributed by atoms with Crippen molar-refractivity contribution in [3.63, 3.8) is 0 Å². The average Bonchev–Trinajstić information content (AvgIpc) is 2.71. The molecule has 1 N–H and O–H groups in total. The number of likely N-dealkylation sites (tertiary alicyclic amines) is 1. The molecule has 1 aliphatic rings. The van der Waals surface area contributed by atoms with Crippen LogP contribution in [0.1, 0.15) is 25.8 Å². The maximum absolute atomic E-state index is 11.1. The number of benzene rings is 1. The summed E-state index contributed by atoms with van der Waals surface area (Å²) in [6.45, 7) is 4.83. The molecule has 0 radical (unpaired) electrons. The molecule has 0 aromatic heterocycles. The Balaban J connectivity index is 1.99. The van der Waals surface area contributed by atoms with Crippen LogP contribution in [0.4, 0.5) is 0 Å². The van der Waals surface area contributed by atoms with Crippen LogP contribution in [0.15, 0.2) is 30.3 Å². The van der Waals surface area contributed by atoms with Gasteiger partial charge in [-0.15, -0.1) is 0 Å². The molecular formula is C15H21NO2. The van der Waals surface area contributed by atoms with Crippen LogP contribution in [0.25, 0.3) is 0 Å². The Bertz CT molecular complexity index is 404. The monoisotopic (exact) mass is 247 g/mol. The van der Waals surface area contributed by atoms with E-state index in [0.29, 0.717) is 12.0 Å².